The van der Waals surface area contributed by atoms with Crippen LogP contribution in [0.4, 0.5) is 5.82 Å². The molecule has 1 saturated heterocycles. The fourth-order valence-electron chi connectivity index (χ4n) is 3.89. The van der Waals surface area contributed by atoms with Gasteiger partial charge in [0.15, 0.2) is 0 Å². The van der Waals surface area contributed by atoms with Crippen molar-refractivity contribution in [2.45, 2.75) is 0 Å². The highest BCUT2D eigenvalue weighted by Gasteiger charge is 2.55. The molecule has 2 N–H and O–H groups in total. The van der Waals surface area contributed by atoms with Crippen molar-refractivity contribution in [2.75, 3.05) is 38.1 Å². The van der Waals surface area contributed by atoms with Gasteiger partial charge >= 0.3 is 5.97 Å². The maximum absolute atomic E-state index is 10.8. The molecule has 3 atom stereocenters. The third-order valence-electron chi connectivity index (χ3n) is 4.99. The number of anilines is 1. The number of likely N-dealkylation sites (tertiary alicyclic amines) is 1. The van der Waals surface area contributed by atoms with Crippen molar-refractivity contribution in [1.29, 1.82) is 0 Å². The number of nitrogens with one attached hydrogen (secondary N) is 1. The molecule has 0 amide bonds. The second-order valence-electron chi connectivity index (χ2n) is 6.40. The van der Waals surface area contributed by atoms with Gasteiger partial charge in [0.1, 0.15) is 17.8 Å². The molecule has 0 bridgehead atoms. The minimum atomic E-state index is -0.731. The Morgan fingerprint density at radius 3 is 2.95 bits per heavy atom. The van der Waals surface area contributed by atoms with E-state index in [4.69, 9.17) is 5.11 Å². The highest BCUT2D eigenvalue weighted by atomic mass is 16.4. The summed E-state index contributed by atoms with van der Waals surface area (Å²) >= 11 is 0. The molecule has 4 rings (SSSR count). The molecule has 7 nitrogen and oxygen atoms in total. The van der Waals surface area contributed by atoms with E-state index in [0.717, 1.165) is 36.5 Å². The third kappa shape index (κ3) is 2.21. The number of piperidine rings is 1. The number of carboxylic acids is 1. The smallest absolute Gasteiger partial charge is 0.317 e. The first-order valence-electron chi connectivity index (χ1n) is 7.57. The zero-order valence-corrected chi connectivity index (χ0v) is 12.4. The summed E-state index contributed by atoms with van der Waals surface area (Å²) in [5, 5.41) is 9.89. The minimum absolute atomic E-state index is 0.172. The normalized spacial score (nSPS) is 27.0. The molecule has 22 heavy (non-hydrogen) atoms. The first-order valence-corrected chi connectivity index (χ1v) is 7.57. The number of carboxylic acid groups (broad SMARTS) is 1. The zero-order valence-electron chi connectivity index (χ0n) is 12.4. The topological polar surface area (TPSA) is 85.3 Å². The van der Waals surface area contributed by atoms with Crippen LogP contribution in [-0.2, 0) is 4.79 Å². The lowest BCUT2D eigenvalue weighted by Crippen LogP contribution is -2.32. The summed E-state index contributed by atoms with van der Waals surface area (Å²) in [6.45, 7) is 2.97. The standard InChI is InChI=1S/C15H19N5O2/c1-19(15-9-2-3-16-14(9)17-8-18-15)4-10-11-5-20(6-12(10)11)7-13(21)22/h2-3,8,10-12H,4-7H2,1H3,(H,21,22)(H,16,17,18)/t10-,11+,12-. The van der Waals surface area contributed by atoms with Crippen LogP contribution in [0.3, 0.4) is 0 Å². The Labute approximate surface area is 128 Å². The molecule has 1 aliphatic carbocycles. The predicted molar refractivity (Wildman–Crippen MR) is 81.7 cm³/mol. The maximum Gasteiger partial charge on any atom is 0.317 e. The number of rotatable bonds is 5. The molecule has 1 saturated carbocycles. The average Bonchev–Trinajstić information content (AvgIpc) is 2.88. The summed E-state index contributed by atoms with van der Waals surface area (Å²) in [5.74, 6) is 2.17. The van der Waals surface area contributed by atoms with Crippen LogP contribution >= 0.6 is 0 Å². The number of fused-ring (bicyclic) bond motifs is 2. The fourth-order valence-corrected chi connectivity index (χ4v) is 3.89. The molecule has 0 spiro atoms. The van der Waals surface area contributed by atoms with Crippen LogP contribution in [0.2, 0.25) is 0 Å². The number of carbonyl (C=O) groups is 1. The summed E-state index contributed by atoms with van der Waals surface area (Å²) in [6, 6.07) is 2.00. The number of hydrogen-bond donors (Lipinski definition) is 2. The molecule has 3 heterocycles. The van der Waals surface area contributed by atoms with Gasteiger partial charge in [0.05, 0.1) is 11.9 Å². The second-order valence-corrected chi connectivity index (χ2v) is 6.40. The van der Waals surface area contributed by atoms with E-state index in [1.54, 1.807) is 6.33 Å². The van der Waals surface area contributed by atoms with E-state index >= 15 is 0 Å². The number of hydrogen-bond acceptors (Lipinski definition) is 5. The Morgan fingerprint density at radius 1 is 1.45 bits per heavy atom. The summed E-state index contributed by atoms with van der Waals surface area (Å²) in [4.78, 5) is 26.7. The molecule has 2 aliphatic rings. The lowest BCUT2D eigenvalue weighted by Gasteiger charge is -2.22. The van der Waals surface area contributed by atoms with Gasteiger partial charge in [0, 0.05) is 32.9 Å². The molecule has 2 aromatic rings. The fraction of sp³-hybridized carbons (Fsp3) is 0.533. The van der Waals surface area contributed by atoms with Gasteiger partial charge in [0.25, 0.3) is 0 Å². The molecule has 1 aliphatic heterocycles. The van der Waals surface area contributed by atoms with E-state index in [2.05, 4.69) is 26.9 Å². The number of aromatic nitrogens is 3. The van der Waals surface area contributed by atoms with Crippen LogP contribution in [0.5, 0.6) is 0 Å². The molecule has 7 heteroatoms. The third-order valence-corrected chi connectivity index (χ3v) is 4.99. The monoisotopic (exact) mass is 301 g/mol. The first kappa shape index (κ1) is 13.5. The van der Waals surface area contributed by atoms with Crippen molar-refractivity contribution in [3.05, 3.63) is 18.6 Å². The van der Waals surface area contributed by atoms with Crippen LogP contribution in [0.1, 0.15) is 0 Å². The average molecular weight is 301 g/mol. The Bertz CT molecular complexity index is 703. The summed E-state index contributed by atoms with van der Waals surface area (Å²) in [7, 11) is 2.07. The van der Waals surface area contributed by atoms with E-state index < -0.39 is 5.97 Å². The molecule has 2 aromatic heterocycles. The Morgan fingerprint density at radius 2 is 2.23 bits per heavy atom. The van der Waals surface area contributed by atoms with Gasteiger partial charge in [-0.2, -0.15) is 0 Å². The predicted octanol–water partition coefficient (Wildman–Crippen LogP) is 0.657. The number of nitrogens with zero attached hydrogens (tertiary/aromatic N) is 4. The van der Waals surface area contributed by atoms with Gasteiger partial charge in [0.2, 0.25) is 0 Å². The lowest BCUT2D eigenvalue weighted by atomic mass is 10.2. The van der Waals surface area contributed by atoms with Crippen molar-refractivity contribution in [3.63, 3.8) is 0 Å². The van der Waals surface area contributed by atoms with Crippen molar-refractivity contribution in [2.24, 2.45) is 17.8 Å². The minimum Gasteiger partial charge on any atom is -0.480 e. The second kappa shape index (κ2) is 4.95. The number of aromatic amines is 1. The largest absolute Gasteiger partial charge is 0.480 e. The van der Waals surface area contributed by atoms with Crippen LogP contribution in [0.25, 0.3) is 11.0 Å². The Kier molecular flexibility index (Phi) is 3.04. The quantitative estimate of drug-likeness (QED) is 0.844. The molecular weight excluding hydrogens is 282 g/mol. The molecule has 2 fully saturated rings. The summed E-state index contributed by atoms with van der Waals surface area (Å²) in [6.07, 6.45) is 3.47. The van der Waals surface area contributed by atoms with Crippen LogP contribution in [0.15, 0.2) is 18.6 Å². The SMILES string of the molecule is CN(C[C@@H]1[C@@H]2CN(CC(=O)O)C[C@@H]21)c1ncnc2[nH]ccc12. The van der Waals surface area contributed by atoms with Crippen LogP contribution in [0, 0.1) is 17.8 Å². The molecular formula is C15H19N5O2. The van der Waals surface area contributed by atoms with Gasteiger partial charge < -0.3 is 15.0 Å². The zero-order chi connectivity index (χ0) is 15.3. The highest BCUT2D eigenvalue weighted by molar-refractivity contribution is 5.87. The van der Waals surface area contributed by atoms with E-state index in [1.807, 2.05) is 17.2 Å². The van der Waals surface area contributed by atoms with Crippen molar-refractivity contribution in [1.82, 2.24) is 19.9 Å². The number of H-pyrrole nitrogens is 1. The van der Waals surface area contributed by atoms with E-state index in [-0.39, 0.29) is 6.54 Å². The number of aliphatic carboxylic acids is 1. The summed E-state index contributed by atoms with van der Waals surface area (Å²) < 4.78 is 0. The van der Waals surface area contributed by atoms with Gasteiger partial charge in [-0.1, -0.05) is 0 Å². The molecule has 116 valence electrons. The van der Waals surface area contributed by atoms with Gasteiger partial charge in [-0.3, -0.25) is 9.69 Å². The van der Waals surface area contributed by atoms with Gasteiger partial charge in [-0.25, -0.2) is 9.97 Å². The Hall–Kier alpha value is -2.15. The van der Waals surface area contributed by atoms with Crippen molar-refractivity contribution in [3.8, 4) is 0 Å². The van der Waals surface area contributed by atoms with E-state index in [1.165, 1.54) is 0 Å². The highest BCUT2D eigenvalue weighted by Crippen LogP contribution is 2.52. The molecule has 0 aromatic carbocycles. The summed E-state index contributed by atoms with van der Waals surface area (Å²) in [5.41, 5.74) is 0.862. The van der Waals surface area contributed by atoms with Gasteiger partial charge in [-0.15, -0.1) is 0 Å². The van der Waals surface area contributed by atoms with Crippen molar-refractivity contribution < 1.29 is 9.90 Å². The van der Waals surface area contributed by atoms with Crippen LogP contribution in [-0.4, -0.2) is 64.2 Å². The first-order chi connectivity index (χ1) is 10.6. The van der Waals surface area contributed by atoms with E-state index in [0.29, 0.717) is 17.8 Å². The lowest BCUT2D eigenvalue weighted by molar-refractivity contribution is -0.138. The van der Waals surface area contributed by atoms with E-state index in [9.17, 15) is 4.79 Å². The van der Waals surface area contributed by atoms with Gasteiger partial charge in [-0.05, 0) is 23.8 Å². The molecule has 0 radical (unpaired) electrons. The molecule has 0 unspecified atom stereocenters. The van der Waals surface area contributed by atoms with Crippen LogP contribution < -0.4 is 4.90 Å². The maximum atomic E-state index is 10.8. The Balaban J connectivity index is 1.40. The van der Waals surface area contributed by atoms with Crippen molar-refractivity contribution >= 4 is 22.8 Å².